The fraction of sp³-hybridized carbons (Fsp3) is 0.292. The van der Waals surface area contributed by atoms with Crippen LogP contribution in [0, 0.1) is 0 Å². The van der Waals surface area contributed by atoms with E-state index in [1.807, 2.05) is 49.1 Å². The number of ether oxygens (including phenoxy) is 1. The topological polar surface area (TPSA) is 100 Å². The van der Waals surface area contributed by atoms with Gasteiger partial charge in [0, 0.05) is 55.6 Å². The lowest BCUT2D eigenvalue weighted by Crippen LogP contribution is -2.49. The summed E-state index contributed by atoms with van der Waals surface area (Å²) in [6, 6.07) is 11.3. The number of fused-ring (bicyclic) bond motifs is 1. The van der Waals surface area contributed by atoms with E-state index in [1.165, 1.54) is 0 Å². The van der Waals surface area contributed by atoms with Gasteiger partial charge in [-0.15, -0.1) is 0 Å². The van der Waals surface area contributed by atoms with Crippen molar-refractivity contribution in [2.45, 2.75) is 20.0 Å². The molecule has 0 unspecified atom stereocenters. The minimum Gasteiger partial charge on any atom is -0.475 e. The molecule has 1 aliphatic rings. The van der Waals surface area contributed by atoms with Crippen LogP contribution in [0.1, 0.15) is 24.3 Å². The predicted octanol–water partition coefficient (Wildman–Crippen LogP) is 3.16. The molecule has 5 heterocycles. The molecule has 5 rings (SSSR count). The molecule has 1 N–H and O–H groups in total. The number of aromatic nitrogens is 5. The highest BCUT2D eigenvalue weighted by molar-refractivity contribution is 5.93. The van der Waals surface area contributed by atoms with Gasteiger partial charge in [-0.3, -0.25) is 14.9 Å². The zero-order valence-electron chi connectivity index (χ0n) is 18.6. The maximum Gasteiger partial charge on any atom is 0.272 e. The number of anilines is 1. The lowest BCUT2D eigenvalue weighted by molar-refractivity contribution is 0.0740. The van der Waals surface area contributed by atoms with Crippen LogP contribution in [-0.2, 0) is 0 Å². The number of nitrogens with one attached hydrogen (secondary N) is 1. The average Bonchev–Trinajstić information content (AvgIpc) is 3.27. The molecule has 0 aromatic carbocycles. The van der Waals surface area contributed by atoms with Crippen molar-refractivity contribution in [3.8, 4) is 17.1 Å². The molecule has 0 radical (unpaired) electrons. The van der Waals surface area contributed by atoms with Crippen molar-refractivity contribution in [3.05, 3.63) is 60.7 Å². The Labute approximate surface area is 191 Å². The Balaban J connectivity index is 1.34. The van der Waals surface area contributed by atoms with Gasteiger partial charge in [0.15, 0.2) is 0 Å². The smallest absolute Gasteiger partial charge is 0.272 e. The third-order valence-electron chi connectivity index (χ3n) is 5.57. The van der Waals surface area contributed by atoms with Crippen molar-refractivity contribution in [2.75, 3.05) is 31.1 Å². The monoisotopic (exact) mass is 443 g/mol. The summed E-state index contributed by atoms with van der Waals surface area (Å²) in [6.07, 6.45) is 5.22. The molecule has 4 aromatic rings. The summed E-state index contributed by atoms with van der Waals surface area (Å²) in [4.78, 5) is 29.8. The van der Waals surface area contributed by atoms with E-state index in [1.54, 1.807) is 24.7 Å². The van der Waals surface area contributed by atoms with Gasteiger partial charge in [-0.1, -0.05) is 6.07 Å². The van der Waals surface area contributed by atoms with Crippen LogP contribution in [0.2, 0.25) is 0 Å². The van der Waals surface area contributed by atoms with Gasteiger partial charge in [0.2, 0.25) is 5.88 Å². The minimum atomic E-state index is -0.0343. The number of aromatic amines is 1. The summed E-state index contributed by atoms with van der Waals surface area (Å²) in [7, 11) is 0. The molecule has 0 aliphatic carbocycles. The number of carbonyl (C=O) groups is 1. The summed E-state index contributed by atoms with van der Waals surface area (Å²) in [6.45, 7) is 6.59. The molecule has 0 bridgehead atoms. The fourth-order valence-electron chi connectivity index (χ4n) is 3.95. The van der Waals surface area contributed by atoms with Crippen LogP contribution in [-0.4, -0.2) is 68.2 Å². The zero-order chi connectivity index (χ0) is 22.8. The molecule has 4 aromatic heterocycles. The molecule has 168 valence electrons. The number of carbonyl (C=O) groups excluding carboxylic acids is 1. The van der Waals surface area contributed by atoms with Crippen LogP contribution in [0.4, 0.5) is 5.82 Å². The van der Waals surface area contributed by atoms with Crippen LogP contribution in [0.25, 0.3) is 22.2 Å². The Hall–Kier alpha value is -4.01. The Morgan fingerprint density at radius 1 is 1.03 bits per heavy atom. The first-order chi connectivity index (χ1) is 16.1. The second-order valence-corrected chi connectivity index (χ2v) is 8.20. The number of amides is 1. The van der Waals surface area contributed by atoms with Gasteiger partial charge < -0.3 is 14.5 Å². The van der Waals surface area contributed by atoms with Gasteiger partial charge in [0.1, 0.15) is 17.2 Å². The van der Waals surface area contributed by atoms with Crippen molar-refractivity contribution in [1.82, 2.24) is 30.0 Å². The highest BCUT2D eigenvalue weighted by atomic mass is 16.5. The Morgan fingerprint density at radius 2 is 1.88 bits per heavy atom. The second kappa shape index (κ2) is 8.85. The molecule has 33 heavy (non-hydrogen) atoms. The highest BCUT2D eigenvalue weighted by Gasteiger charge is 2.24. The van der Waals surface area contributed by atoms with E-state index in [0.29, 0.717) is 37.8 Å². The molecule has 1 amide bonds. The normalized spacial score (nSPS) is 14.2. The van der Waals surface area contributed by atoms with Crippen molar-refractivity contribution < 1.29 is 9.53 Å². The van der Waals surface area contributed by atoms with E-state index in [-0.39, 0.29) is 12.0 Å². The predicted molar refractivity (Wildman–Crippen MR) is 125 cm³/mol. The van der Waals surface area contributed by atoms with E-state index in [9.17, 15) is 4.79 Å². The maximum atomic E-state index is 12.7. The van der Waals surface area contributed by atoms with Crippen LogP contribution < -0.4 is 9.64 Å². The summed E-state index contributed by atoms with van der Waals surface area (Å²) >= 11 is 0. The van der Waals surface area contributed by atoms with E-state index >= 15 is 0 Å². The van der Waals surface area contributed by atoms with Crippen LogP contribution in [0.15, 0.2) is 55.0 Å². The molecule has 1 aliphatic heterocycles. The first kappa shape index (κ1) is 20.9. The first-order valence-corrected chi connectivity index (χ1v) is 11.0. The van der Waals surface area contributed by atoms with E-state index in [4.69, 9.17) is 4.74 Å². The number of hydrogen-bond acceptors (Lipinski definition) is 7. The van der Waals surface area contributed by atoms with Gasteiger partial charge in [0.05, 0.1) is 17.8 Å². The van der Waals surface area contributed by atoms with Gasteiger partial charge in [-0.2, -0.15) is 5.10 Å². The highest BCUT2D eigenvalue weighted by Crippen LogP contribution is 2.30. The molecule has 9 heteroatoms. The Bertz CT molecular complexity index is 1260. The number of pyridine rings is 3. The standard InChI is InChI=1S/C24H25N7O2/c1-16(2)33-22-14-18-20(15-27-22)28-29-23(18)17-6-8-26-21(13-17)30-9-11-31(12-10-30)24(32)19-5-3-4-7-25-19/h3-8,13-16H,9-12H2,1-2H3,(H,28,29). The molecule has 1 fully saturated rings. The second-order valence-electron chi connectivity index (χ2n) is 8.20. The van der Waals surface area contributed by atoms with Crippen molar-refractivity contribution >= 4 is 22.6 Å². The molecular weight excluding hydrogens is 418 g/mol. The van der Waals surface area contributed by atoms with Crippen molar-refractivity contribution in [3.63, 3.8) is 0 Å². The van der Waals surface area contributed by atoms with E-state index < -0.39 is 0 Å². The minimum absolute atomic E-state index is 0.0343. The summed E-state index contributed by atoms with van der Waals surface area (Å²) in [5.41, 5.74) is 3.11. The maximum absolute atomic E-state index is 12.7. The quantitative estimate of drug-likeness (QED) is 0.506. The van der Waals surface area contributed by atoms with Crippen LogP contribution >= 0.6 is 0 Å². The number of H-pyrrole nitrogens is 1. The molecule has 0 atom stereocenters. The molecular formula is C24H25N7O2. The van der Waals surface area contributed by atoms with Gasteiger partial charge in [0.25, 0.3) is 5.91 Å². The Kier molecular flexibility index (Phi) is 5.60. The number of rotatable bonds is 5. The number of nitrogens with zero attached hydrogens (tertiary/aromatic N) is 6. The number of piperazine rings is 1. The van der Waals surface area contributed by atoms with E-state index in [2.05, 4.69) is 30.0 Å². The summed E-state index contributed by atoms with van der Waals surface area (Å²) in [5.74, 6) is 1.40. The zero-order valence-corrected chi connectivity index (χ0v) is 18.6. The van der Waals surface area contributed by atoms with Crippen molar-refractivity contribution in [2.24, 2.45) is 0 Å². The number of hydrogen-bond donors (Lipinski definition) is 1. The lowest BCUT2D eigenvalue weighted by atomic mass is 10.1. The molecule has 0 saturated carbocycles. The van der Waals surface area contributed by atoms with Crippen molar-refractivity contribution in [1.29, 1.82) is 0 Å². The van der Waals surface area contributed by atoms with Crippen LogP contribution in [0.3, 0.4) is 0 Å². The molecule has 9 nitrogen and oxygen atoms in total. The Morgan fingerprint density at radius 3 is 2.64 bits per heavy atom. The van der Waals surface area contributed by atoms with Gasteiger partial charge >= 0.3 is 0 Å². The summed E-state index contributed by atoms with van der Waals surface area (Å²) in [5, 5.41) is 8.51. The average molecular weight is 444 g/mol. The third kappa shape index (κ3) is 4.34. The largest absolute Gasteiger partial charge is 0.475 e. The first-order valence-electron chi connectivity index (χ1n) is 11.0. The third-order valence-corrected chi connectivity index (χ3v) is 5.57. The van der Waals surface area contributed by atoms with E-state index in [0.717, 1.165) is 28.0 Å². The van der Waals surface area contributed by atoms with Gasteiger partial charge in [-0.05, 0) is 38.1 Å². The molecule has 1 saturated heterocycles. The SMILES string of the molecule is CC(C)Oc1cc2c(-c3ccnc(N4CCN(C(=O)c5ccccn5)CC4)c3)n[nH]c2cn1. The summed E-state index contributed by atoms with van der Waals surface area (Å²) < 4.78 is 5.75. The fourth-order valence-corrected chi connectivity index (χ4v) is 3.95. The van der Waals surface area contributed by atoms with Crippen LogP contribution in [0.5, 0.6) is 5.88 Å². The van der Waals surface area contributed by atoms with Gasteiger partial charge in [-0.25, -0.2) is 9.97 Å². The molecule has 0 spiro atoms. The lowest BCUT2D eigenvalue weighted by Gasteiger charge is -2.35.